The Morgan fingerprint density at radius 2 is 1.64 bits per heavy atom. The number of anilines is 1. The second-order valence-corrected chi connectivity index (χ2v) is 6.59. The molecule has 0 aliphatic rings. The van der Waals surface area contributed by atoms with Crippen molar-refractivity contribution in [3.05, 3.63) is 102 Å². The van der Waals surface area contributed by atoms with Gasteiger partial charge in [0, 0.05) is 35.2 Å². The Bertz CT molecular complexity index is 1070. The summed E-state index contributed by atoms with van der Waals surface area (Å²) in [6.07, 6.45) is 1.95. The molecule has 0 radical (unpaired) electrons. The van der Waals surface area contributed by atoms with Crippen molar-refractivity contribution in [1.29, 1.82) is 0 Å². The molecule has 1 atom stereocenters. The number of hydrogen-bond donors (Lipinski definition) is 3. The van der Waals surface area contributed by atoms with Gasteiger partial charge in [-0.15, -0.1) is 0 Å². The quantitative estimate of drug-likeness (QED) is 0.439. The number of carbonyl (C=O) groups excluding carboxylic acids is 1. The summed E-state index contributed by atoms with van der Waals surface area (Å²) in [7, 11) is 0. The van der Waals surface area contributed by atoms with Gasteiger partial charge in [0.05, 0.1) is 0 Å². The molecular weight excluding hydrogens is 353 g/mol. The van der Waals surface area contributed by atoms with Crippen molar-refractivity contribution in [2.75, 3.05) is 11.9 Å². The lowest BCUT2D eigenvalue weighted by Crippen LogP contribution is -2.32. The van der Waals surface area contributed by atoms with Gasteiger partial charge >= 0.3 is 6.03 Å². The Labute approximate surface area is 162 Å². The van der Waals surface area contributed by atoms with Gasteiger partial charge in [0.15, 0.2) is 0 Å². The van der Waals surface area contributed by atoms with Gasteiger partial charge in [0.25, 0.3) is 0 Å². The van der Waals surface area contributed by atoms with Gasteiger partial charge < -0.3 is 15.6 Å². The van der Waals surface area contributed by atoms with Crippen LogP contribution < -0.4 is 10.6 Å². The van der Waals surface area contributed by atoms with E-state index in [1.807, 2.05) is 60.8 Å². The summed E-state index contributed by atoms with van der Waals surface area (Å²) in [6.45, 7) is 0.381. The van der Waals surface area contributed by atoms with Crippen LogP contribution in [0.3, 0.4) is 0 Å². The van der Waals surface area contributed by atoms with Gasteiger partial charge in [-0.2, -0.15) is 0 Å². The largest absolute Gasteiger partial charge is 0.361 e. The molecule has 0 aliphatic heterocycles. The Morgan fingerprint density at radius 3 is 2.43 bits per heavy atom. The van der Waals surface area contributed by atoms with E-state index in [1.54, 1.807) is 12.1 Å². The summed E-state index contributed by atoms with van der Waals surface area (Å²) in [4.78, 5) is 15.6. The third-order valence-electron chi connectivity index (χ3n) is 4.77. The average molecular weight is 373 g/mol. The average Bonchev–Trinajstić information content (AvgIpc) is 3.14. The van der Waals surface area contributed by atoms with E-state index < -0.39 is 0 Å². The van der Waals surface area contributed by atoms with Crippen LogP contribution in [-0.2, 0) is 0 Å². The lowest BCUT2D eigenvalue weighted by Gasteiger charge is -2.18. The van der Waals surface area contributed by atoms with Crippen LogP contribution in [0.25, 0.3) is 10.9 Å². The number of amides is 2. The van der Waals surface area contributed by atoms with Crippen LogP contribution in [0, 0.1) is 5.82 Å². The van der Waals surface area contributed by atoms with Gasteiger partial charge in [-0.1, -0.05) is 48.5 Å². The molecular formula is C23H20FN3O. The SMILES string of the molecule is O=C(NC[C@@H](c1ccc(F)cc1)c1c[nH]c2ccccc12)Nc1ccccc1. The summed E-state index contributed by atoms with van der Waals surface area (Å²) in [6, 6.07) is 23.4. The van der Waals surface area contributed by atoms with E-state index >= 15 is 0 Å². The molecule has 0 saturated carbocycles. The number of carbonyl (C=O) groups is 1. The Morgan fingerprint density at radius 1 is 0.929 bits per heavy atom. The van der Waals surface area contributed by atoms with Crippen molar-refractivity contribution in [3.8, 4) is 0 Å². The number of aromatic amines is 1. The first-order chi connectivity index (χ1) is 13.7. The molecule has 0 unspecified atom stereocenters. The number of hydrogen-bond acceptors (Lipinski definition) is 1. The molecule has 1 aromatic heterocycles. The summed E-state index contributed by atoms with van der Waals surface area (Å²) in [5.41, 5.74) is 3.75. The highest BCUT2D eigenvalue weighted by molar-refractivity contribution is 5.89. The van der Waals surface area contributed by atoms with E-state index in [1.165, 1.54) is 12.1 Å². The van der Waals surface area contributed by atoms with E-state index in [0.717, 1.165) is 27.7 Å². The fourth-order valence-corrected chi connectivity index (χ4v) is 3.38. The van der Waals surface area contributed by atoms with E-state index in [9.17, 15) is 9.18 Å². The minimum absolute atomic E-state index is 0.113. The third-order valence-corrected chi connectivity index (χ3v) is 4.77. The number of aromatic nitrogens is 1. The maximum atomic E-state index is 13.4. The summed E-state index contributed by atoms with van der Waals surface area (Å²) < 4.78 is 13.4. The summed E-state index contributed by atoms with van der Waals surface area (Å²) >= 11 is 0. The molecule has 0 fully saturated rings. The highest BCUT2D eigenvalue weighted by Gasteiger charge is 2.19. The zero-order valence-corrected chi connectivity index (χ0v) is 15.2. The Kier molecular flexibility index (Phi) is 5.06. The van der Waals surface area contributed by atoms with E-state index in [0.29, 0.717) is 6.54 Å². The van der Waals surface area contributed by atoms with Crippen LogP contribution in [0.4, 0.5) is 14.9 Å². The van der Waals surface area contributed by atoms with E-state index in [2.05, 4.69) is 15.6 Å². The van der Waals surface area contributed by atoms with Crippen molar-refractivity contribution in [1.82, 2.24) is 10.3 Å². The van der Waals surface area contributed by atoms with Crippen molar-refractivity contribution in [3.63, 3.8) is 0 Å². The van der Waals surface area contributed by atoms with Crippen LogP contribution in [0.2, 0.25) is 0 Å². The normalized spacial score (nSPS) is 11.9. The zero-order chi connectivity index (χ0) is 19.3. The molecule has 4 nitrogen and oxygen atoms in total. The number of rotatable bonds is 5. The predicted octanol–water partition coefficient (Wildman–Crippen LogP) is 5.26. The van der Waals surface area contributed by atoms with Crippen molar-refractivity contribution in [2.24, 2.45) is 0 Å². The minimum Gasteiger partial charge on any atom is -0.361 e. The molecule has 0 saturated heterocycles. The molecule has 140 valence electrons. The Hall–Kier alpha value is -3.60. The molecule has 2 amide bonds. The van der Waals surface area contributed by atoms with Crippen molar-refractivity contribution < 1.29 is 9.18 Å². The number of benzene rings is 3. The second kappa shape index (κ2) is 7.96. The van der Waals surface area contributed by atoms with Gasteiger partial charge in [0.1, 0.15) is 5.82 Å². The molecule has 0 spiro atoms. The van der Waals surface area contributed by atoms with Gasteiger partial charge in [-0.25, -0.2) is 9.18 Å². The zero-order valence-electron chi connectivity index (χ0n) is 15.2. The van der Waals surface area contributed by atoms with Crippen LogP contribution in [0.1, 0.15) is 17.0 Å². The summed E-state index contributed by atoms with van der Waals surface area (Å²) in [5.74, 6) is -0.394. The highest BCUT2D eigenvalue weighted by Crippen LogP contribution is 2.30. The smallest absolute Gasteiger partial charge is 0.319 e. The molecule has 1 heterocycles. The van der Waals surface area contributed by atoms with Crippen LogP contribution in [0.5, 0.6) is 0 Å². The molecule has 0 aliphatic carbocycles. The molecule has 4 aromatic rings. The second-order valence-electron chi connectivity index (χ2n) is 6.59. The first-order valence-electron chi connectivity index (χ1n) is 9.12. The molecule has 28 heavy (non-hydrogen) atoms. The standard InChI is InChI=1S/C23H20FN3O/c24-17-12-10-16(11-13-17)20(21-15-25-22-9-5-4-8-19(21)22)14-26-23(28)27-18-6-2-1-3-7-18/h1-13,15,20,25H,14H2,(H2,26,27,28)/t20-/m0/s1. The lowest BCUT2D eigenvalue weighted by molar-refractivity contribution is 0.252. The van der Waals surface area contributed by atoms with Gasteiger partial charge in [-0.3, -0.25) is 0 Å². The molecule has 3 N–H and O–H groups in total. The van der Waals surface area contributed by atoms with Crippen LogP contribution in [-0.4, -0.2) is 17.6 Å². The fourth-order valence-electron chi connectivity index (χ4n) is 3.38. The van der Waals surface area contributed by atoms with Crippen molar-refractivity contribution >= 4 is 22.6 Å². The first-order valence-corrected chi connectivity index (χ1v) is 9.12. The van der Waals surface area contributed by atoms with Gasteiger partial charge in [0.2, 0.25) is 0 Å². The molecule has 0 bridgehead atoms. The summed E-state index contributed by atoms with van der Waals surface area (Å²) in [5, 5.41) is 6.85. The molecule has 4 rings (SSSR count). The van der Waals surface area contributed by atoms with Crippen LogP contribution in [0.15, 0.2) is 85.1 Å². The highest BCUT2D eigenvalue weighted by atomic mass is 19.1. The molecule has 3 aromatic carbocycles. The first kappa shape index (κ1) is 17.8. The van der Waals surface area contributed by atoms with Crippen molar-refractivity contribution in [2.45, 2.75) is 5.92 Å². The fraction of sp³-hybridized carbons (Fsp3) is 0.0870. The Balaban J connectivity index is 1.58. The maximum Gasteiger partial charge on any atom is 0.319 e. The van der Waals surface area contributed by atoms with E-state index in [4.69, 9.17) is 0 Å². The molecule has 5 heteroatoms. The number of urea groups is 1. The number of para-hydroxylation sites is 2. The number of nitrogens with one attached hydrogen (secondary N) is 3. The van der Waals surface area contributed by atoms with Gasteiger partial charge in [-0.05, 0) is 41.5 Å². The van der Waals surface area contributed by atoms with E-state index in [-0.39, 0.29) is 17.8 Å². The van der Waals surface area contributed by atoms with Crippen LogP contribution >= 0.6 is 0 Å². The number of halogens is 1. The monoisotopic (exact) mass is 373 g/mol. The number of fused-ring (bicyclic) bond motifs is 1. The maximum absolute atomic E-state index is 13.4. The predicted molar refractivity (Wildman–Crippen MR) is 110 cm³/mol. The minimum atomic E-state index is -0.281. The lowest BCUT2D eigenvalue weighted by atomic mass is 9.91. The topological polar surface area (TPSA) is 56.9 Å². The number of H-pyrrole nitrogens is 1. The third kappa shape index (κ3) is 3.88.